The smallest absolute Gasteiger partial charge is 0.250 e. The average molecular weight is 486 g/mol. The summed E-state index contributed by atoms with van der Waals surface area (Å²) < 4.78 is 2.04. The molecule has 4 aromatic rings. The molecule has 1 heterocycles. The molecule has 0 aliphatic carbocycles. The number of carbonyl (C=O) groups excluding carboxylic acids is 1. The predicted molar refractivity (Wildman–Crippen MR) is 145 cm³/mol. The van der Waals surface area contributed by atoms with E-state index in [4.69, 9.17) is 0 Å². The molecule has 0 aliphatic rings. The van der Waals surface area contributed by atoms with E-state index in [1.54, 1.807) is 0 Å². The molecular formula is C28H31N5OS. The van der Waals surface area contributed by atoms with Gasteiger partial charge in [-0.1, -0.05) is 99.3 Å². The van der Waals surface area contributed by atoms with Crippen molar-refractivity contribution in [1.29, 1.82) is 0 Å². The minimum absolute atomic E-state index is 0.0970. The van der Waals surface area contributed by atoms with Gasteiger partial charge in [-0.2, -0.15) is 5.10 Å². The molecule has 0 atom stereocenters. The highest BCUT2D eigenvalue weighted by molar-refractivity contribution is 7.99. The molecule has 0 aliphatic heterocycles. The third-order valence-electron chi connectivity index (χ3n) is 5.90. The van der Waals surface area contributed by atoms with E-state index in [1.807, 2.05) is 35.8 Å². The number of hydrogen-bond donors (Lipinski definition) is 1. The van der Waals surface area contributed by atoms with Gasteiger partial charge >= 0.3 is 0 Å². The topological polar surface area (TPSA) is 72.2 Å². The van der Waals surface area contributed by atoms with E-state index in [0.29, 0.717) is 11.7 Å². The van der Waals surface area contributed by atoms with Crippen LogP contribution in [0.1, 0.15) is 45.7 Å². The second-order valence-corrected chi connectivity index (χ2v) is 10.4. The summed E-state index contributed by atoms with van der Waals surface area (Å²) in [6.45, 7) is 11.3. The van der Waals surface area contributed by atoms with Crippen LogP contribution in [0.3, 0.4) is 0 Å². The van der Waals surface area contributed by atoms with E-state index in [2.05, 4.69) is 90.9 Å². The van der Waals surface area contributed by atoms with Crippen molar-refractivity contribution < 1.29 is 4.79 Å². The fourth-order valence-corrected chi connectivity index (χ4v) is 4.72. The second kappa shape index (κ2) is 10.4. The summed E-state index contributed by atoms with van der Waals surface area (Å²) in [6, 6.07) is 22.7. The molecule has 0 saturated heterocycles. The van der Waals surface area contributed by atoms with Crippen molar-refractivity contribution in [3.8, 4) is 11.4 Å². The van der Waals surface area contributed by atoms with Crippen LogP contribution in [0.4, 0.5) is 0 Å². The number of amides is 1. The van der Waals surface area contributed by atoms with Crippen molar-refractivity contribution in [2.75, 3.05) is 5.75 Å². The fourth-order valence-electron chi connectivity index (χ4n) is 3.92. The van der Waals surface area contributed by atoms with Crippen molar-refractivity contribution in [3.05, 3.63) is 77.9 Å². The Morgan fingerprint density at radius 3 is 2.43 bits per heavy atom. The number of aromatic nitrogens is 3. The highest BCUT2D eigenvalue weighted by Crippen LogP contribution is 2.27. The molecule has 0 fully saturated rings. The molecule has 0 radical (unpaired) electrons. The standard InChI is InChI=1S/C28H31N5OS/c1-6-33-26(21-14-16-22(17-15-21)28(3,4)5)31-32-27(33)35-18-25(34)30-29-19(2)23-13-9-11-20-10-7-8-12-24(20)23/h7-17H,6,18H2,1-5H3,(H,30,34)/b29-19-. The monoisotopic (exact) mass is 485 g/mol. The third-order valence-corrected chi connectivity index (χ3v) is 6.87. The van der Waals surface area contributed by atoms with Gasteiger partial charge in [0.2, 0.25) is 0 Å². The zero-order valence-corrected chi connectivity index (χ0v) is 21.7. The van der Waals surface area contributed by atoms with Gasteiger partial charge in [-0.05, 0) is 35.6 Å². The Balaban J connectivity index is 1.42. The van der Waals surface area contributed by atoms with Crippen LogP contribution in [0, 0.1) is 0 Å². The van der Waals surface area contributed by atoms with Crippen LogP contribution in [-0.4, -0.2) is 32.1 Å². The van der Waals surface area contributed by atoms with Gasteiger partial charge in [-0.25, -0.2) is 5.43 Å². The molecular weight excluding hydrogens is 454 g/mol. The van der Waals surface area contributed by atoms with Gasteiger partial charge in [0.1, 0.15) is 0 Å². The first-order valence-corrected chi connectivity index (χ1v) is 12.7. The van der Waals surface area contributed by atoms with Crippen LogP contribution in [0.15, 0.2) is 77.0 Å². The SMILES string of the molecule is CCn1c(SCC(=O)N/N=C(/C)c2cccc3ccccc23)nnc1-c1ccc(C(C)(C)C)cc1. The van der Waals surface area contributed by atoms with Gasteiger partial charge in [-0.3, -0.25) is 4.79 Å². The number of rotatable bonds is 7. The van der Waals surface area contributed by atoms with Gasteiger partial charge in [0.25, 0.3) is 5.91 Å². The summed E-state index contributed by atoms with van der Waals surface area (Å²) >= 11 is 1.36. The summed E-state index contributed by atoms with van der Waals surface area (Å²) in [5.74, 6) is 0.824. The van der Waals surface area contributed by atoms with E-state index in [-0.39, 0.29) is 17.1 Å². The molecule has 180 valence electrons. The maximum Gasteiger partial charge on any atom is 0.250 e. The van der Waals surface area contributed by atoms with Crippen LogP contribution in [0.25, 0.3) is 22.2 Å². The van der Waals surface area contributed by atoms with E-state index < -0.39 is 0 Å². The lowest BCUT2D eigenvalue weighted by Gasteiger charge is -2.19. The summed E-state index contributed by atoms with van der Waals surface area (Å²) in [6.07, 6.45) is 0. The number of fused-ring (bicyclic) bond motifs is 1. The highest BCUT2D eigenvalue weighted by Gasteiger charge is 2.17. The first kappa shape index (κ1) is 24.7. The number of benzene rings is 3. The van der Waals surface area contributed by atoms with Crippen molar-refractivity contribution in [2.45, 2.75) is 51.7 Å². The second-order valence-electron chi connectivity index (χ2n) is 9.43. The van der Waals surface area contributed by atoms with E-state index in [9.17, 15) is 4.79 Å². The maximum absolute atomic E-state index is 12.5. The molecule has 3 aromatic carbocycles. The molecule has 0 bridgehead atoms. The van der Waals surface area contributed by atoms with Crippen LogP contribution in [0.2, 0.25) is 0 Å². The molecule has 6 nitrogen and oxygen atoms in total. The van der Waals surface area contributed by atoms with Crippen LogP contribution < -0.4 is 5.43 Å². The van der Waals surface area contributed by atoms with Crippen molar-refractivity contribution in [1.82, 2.24) is 20.2 Å². The lowest BCUT2D eigenvalue weighted by atomic mass is 9.87. The summed E-state index contributed by atoms with van der Waals surface area (Å²) in [5.41, 5.74) is 6.83. The molecule has 0 unspecified atom stereocenters. The Morgan fingerprint density at radius 2 is 1.71 bits per heavy atom. The zero-order valence-electron chi connectivity index (χ0n) is 20.9. The summed E-state index contributed by atoms with van der Waals surface area (Å²) in [7, 11) is 0. The molecule has 0 spiro atoms. The van der Waals surface area contributed by atoms with Crippen molar-refractivity contribution in [2.24, 2.45) is 5.10 Å². The molecule has 1 aromatic heterocycles. The van der Waals surface area contributed by atoms with E-state index >= 15 is 0 Å². The largest absolute Gasteiger partial charge is 0.302 e. The lowest BCUT2D eigenvalue weighted by Crippen LogP contribution is -2.21. The Morgan fingerprint density at radius 1 is 1.00 bits per heavy atom. The lowest BCUT2D eigenvalue weighted by molar-refractivity contribution is -0.118. The molecule has 1 amide bonds. The molecule has 1 N–H and O–H groups in total. The minimum atomic E-state index is -0.184. The Bertz CT molecular complexity index is 1360. The minimum Gasteiger partial charge on any atom is -0.302 e. The average Bonchev–Trinajstić information content (AvgIpc) is 3.28. The van der Waals surface area contributed by atoms with Gasteiger partial charge in [0.15, 0.2) is 11.0 Å². The Kier molecular flexibility index (Phi) is 7.36. The van der Waals surface area contributed by atoms with Crippen LogP contribution in [-0.2, 0) is 16.8 Å². The summed E-state index contributed by atoms with van der Waals surface area (Å²) in [4.78, 5) is 12.5. The van der Waals surface area contributed by atoms with Gasteiger partial charge in [0.05, 0.1) is 11.5 Å². The molecule has 4 rings (SSSR count). The Labute approximate surface area is 210 Å². The molecule has 7 heteroatoms. The van der Waals surface area contributed by atoms with Crippen LogP contribution in [0.5, 0.6) is 0 Å². The molecule has 0 saturated carbocycles. The number of nitrogens with one attached hydrogen (secondary N) is 1. The normalized spacial score (nSPS) is 12.2. The van der Waals surface area contributed by atoms with Crippen molar-refractivity contribution in [3.63, 3.8) is 0 Å². The van der Waals surface area contributed by atoms with Crippen molar-refractivity contribution >= 4 is 34.2 Å². The highest BCUT2D eigenvalue weighted by atomic mass is 32.2. The van der Waals surface area contributed by atoms with Gasteiger partial charge in [0, 0.05) is 17.7 Å². The number of hydrazone groups is 1. The van der Waals surface area contributed by atoms with Gasteiger partial charge in [-0.15, -0.1) is 10.2 Å². The van der Waals surface area contributed by atoms with Gasteiger partial charge < -0.3 is 4.57 Å². The predicted octanol–water partition coefficient (Wildman–Crippen LogP) is 6.05. The third kappa shape index (κ3) is 5.62. The molecule has 35 heavy (non-hydrogen) atoms. The number of thioether (sulfide) groups is 1. The maximum atomic E-state index is 12.5. The first-order chi connectivity index (χ1) is 16.8. The Hall–Kier alpha value is -3.45. The fraction of sp³-hybridized carbons (Fsp3) is 0.286. The van der Waals surface area contributed by atoms with E-state index in [1.165, 1.54) is 17.3 Å². The summed E-state index contributed by atoms with van der Waals surface area (Å²) in [5, 5.41) is 16.1. The first-order valence-electron chi connectivity index (χ1n) is 11.8. The number of nitrogens with zero attached hydrogens (tertiary/aromatic N) is 4. The quantitative estimate of drug-likeness (QED) is 0.197. The number of carbonyl (C=O) groups is 1. The zero-order chi connectivity index (χ0) is 25.0. The van der Waals surface area contributed by atoms with E-state index in [0.717, 1.165) is 33.4 Å². The number of hydrogen-bond acceptors (Lipinski definition) is 5. The van der Waals surface area contributed by atoms with Crippen LogP contribution >= 0.6 is 11.8 Å².